The highest BCUT2D eigenvalue weighted by molar-refractivity contribution is 6.34. The van der Waals surface area contributed by atoms with Crippen molar-refractivity contribution in [3.63, 3.8) is 0 Å². The summed E-state index contributed by atoms with van der Waals surface area (Å²) in [5.41, 5.74) is 4.52. The van der Waals surface area contributed by atoms with Crippen LogP contribution >= 0.6 is 11.6 Å². The summed E-state index contributed by atoms with van der Waals surface area (Å²) >= 11 is 6.72. The number of fused-ring (bicyclic) bond motifs is 3. The Morgan fingerprint density at radius 1 is 1.01 bits per heavy atom. The minimum Gasteiger partial charge on any atom is -0.508 e. The van der Waals surface area contributed by atoms with Crippen molar-refractivity contribution in [2.75, 3.05) is 90.9 Å². The van der Waals surface area contributed by atoms with Gasteiger partial charge in [0.05, 0.1) is 44.8 Å². The van der Waals surface area contributed by atoms with Crippen LogP contribution in [-0.4, -0.2) is 184 Å². The van der Waals surface area contributed by atoms with E-state index in [9.17, 15) is 42.3 Å². The standard InChI is InChI=1S/C61H68ClF4N11O10/c1-9-39-40-22-38(79)15-16-45(40)68-51-42(39)27-73(7)46(51)24-43-35(28-78)30-84-56(81)60(43,10-2)87-58(82)74(8)26-36-13-12-18-77(36)59(83)86-29-33(4)55(80)75-19-20-76(34(5)25-75)54-41-23-44(62)48(53-49(61(64,65)66)32(3)21-47(67)69-53)50(63)52(41)70-57(71-54)85-31-37-14-11-17-72(37)6/h15-16,21-24,28,34,36-37,79H,4,9-14,17-20,25-27,29-31H2,1-3,5-8H3,(H2,67,69)/b46-24-. The van der Waals surface area contributed by atoms with Crippen LogP contribution in [0.4, 0.5) is 38.8 Å². The number of rotatable bonds is 15. The van der Waals surface area contributed by atoms with E-state index in [0.717, 1.165) is 42.0 Å². The zero-order valence-electron chi connectivity index (χ0n) is 49.4. The van der Waals surface area contributed by atoms with Crippen LogP contribution in [-0.2, 0) is 47.7 Å². The average molecular weight is 1230 g/mol. The van der Waals surface area contributed by atoms with Gasteiger partial charge in [-0.05, 0) is 113 Å². The fourth-order valence-electron chi connectivity index (χ4n) is 12.6. The number of halogens is 5. The van der Waals surface area contributed by atoms with Crippen molar-refractivity contribution >= 4 is 81.1 Å². The molecule has 4 unspecified atom stereocenters. The molecule has 4 atom stereocenters. The maximum Gasteiger partial charge on any atom is 0.418 e. The summed E-state index contributed by atoms with van der Waals surface area (Å²) in [6.45, 7) is 11.7. The summed E-state index contributed by atoms with van der Waals surface area (Å²) in [5.74, 6) is -2.58. The highest BCUT2D eigenvalue weighted by Gasteiger charge is 2.51. The van der Waals surface area contributed by atoms with Crippen molar-refractivity contribution in [2.45, 2.75) is 103 Å². The molecule has 0 bridgehead atoms. The van der Waals surface area contributed by atoms with Gasteiger partial charge in [0.25, 0.3) is 5.91 Å². The molecule has 5 aliphatic rings. The SMILES string of the molecule is C=C(COC(=O)N1CCCC1CN(C)C(=O)OC1(CC)C(=O)OCC(C=O)=C1/C=C1/c2nc3ccc(O)cc3c(CC)c2CN1C)C(=O)N1CCN(c2nc(OCC3CCCN3C)nc3c(F)c(-c4nc(N)cc(C)c4C(F)(F)F)c(Cl)cc23)C(C)C1. The third kappa shape index (κ3) is 11.7. The smallest absolute Gasteiger partial charge is 0.418 e. The number of carbonyl (C=O) groups excluding carboxylic acids is 5. The number of anilines is 2. The predicted molar refractivity (Wildman–Crippen MR) is 315 cm³/mol. The average Bonchev–Trinajstić information content (AvgIpc) is 1.71. The number of carbonyl (C=O) groups is 5. The Kier molecular flexibility index (Phi) is 17.4. The molecule has 0 saturated carbocycles. The van der Waals surface area contributed by atoms with Crippen molar-refractivity contribution in [2.24, 2.45) is 0 Å². The van der Waals surface area contributed by atoms with E-state index in [0.29, 0.717) is 49.0 Å². The molecule has 3 fully saturated rings. The maximum atomic E-state index is 17.1. The lowest BCUT2D eigenvalue weighted by Gasteiger charge is -2.41. The van der Waals surface area contributed by atoms with Crippen LogP contribution in [0.2, 0.25) is 5.02 Å². The predicted octanol–water partition coefficient (Wildman–Crippen LogP) is 8.63. The molecular weight excluding hydrogens is 1160 g/mol. The number of hydrogen-bond acceptors (Lipinski definition) is 18. The number of benzene rings is 2. The topological polar surface area (TPSA) is 240 Å². The number of amides is 3. The summed E-state index contributed by atoms with van der Waals surface area (Å²) in [4.78, 5) is 96.7. The van der Waals surface area contributed by atoms with Gasteiger partial charge >= 0.3 is 30.3 Å². The minimum absolute atomic E-state index is 0.00303. The Bertz CT molecular complexity index is 3720. The maximum absolute atomic E-state index is 17.1. The molecule has 10 rings (SSSR count). The number of nitrogens with two attached hydrogens (primary N) is 1. The molecule has 0 radical (unpaired) electrons. The monoisotopic (exact) mass is 1230 g/mol. The van der Waals surface area contributed by atoms with Gasteiger partial charge in [-0.15, -0.1) is 0 Å². The first-order valence-corrected chi connectivity index (χ1v) is 29.2. The first kappa shape index (κ1) is 61.8. The molecule has 0 spiro atoms. The second kappa shape index (κ2) is 24.4. The molecule has 3 amide bonds. The molecule has 3 N–H and O–H groups in total. The number of phenolic OH excluding ortho intramolecular Hbond substituents is 1. The van der Waals surface area contributed by atoms with E-state index < -0.39 is 82.2 Å². The van der Waals surface area contributed by atoms with Gasteiger partial charge in [-0.3, -0.25) is 9.59 Å². The number of aryl methyl sites for hydroxylation is 2. The summed E-state index contributed by atoms with van der Waals surface area (Å²) in [7, 11) is 5.25. The van der Waals surface area contributed by atoms with Gasteiger partial charge in [0.15, 0.2) is 5.82 Å². The number of nitrogens with zero attached hydrogens (tertiary/aromatic N) is 10. The Morgan fingerprint density at radius 3 is 2.45 bits per heavy atom. The molecule has 87 heavy (non-hydrogen) atoms. The number of hydrogen-bond donors (Lipinski definition) is 2. The van der Waals surface area contributed by atoms with E-state index in [1.165, 1.54) is 34.7 Å². The van der Waals surface area contributed by atoms with Gasteiger partial charge in [0, 0.05) is 98.5 Å². The van der Waals surface area contributed by atoms with Crippen LogP contribution in [0, 0.1) is 12.7 Å². The number of aromatic nitrogens is 4. The lowest BCUT2D eigenvalue weighted by molar-refractivity contribution is -0.164. The van der Waals surface area contributed by atoms with Gasteiger partial charge in [-0.25, -0.2) is 28.7 Å². The van der Waals surface area contributed by atoms with Gasteiger partial charge in [0.2, 0.25) is 5.60 Å². The van der Waals surface area contributed by atoms with Gasteiger partial charge in [-0.2, -0.15) is 23.1 Å². The molecule has 3 aromatic heterocycles. The first-order valence-electron chi connectivity index (χ1n) is 28.8. The second-order valence-electron chi connectivity index (χ2n) is 22.8. The number of nitrogen functional groups attached to an aromatic ring is 1. The highest BCUT2D eigenvalue weighted by atomic mass is 35.5. The number of likely N-dealkylation sites (tertiary alicyclic amines) is 2. The summed E-state index contributed by atoms with van der Waals surface area (Å²) in [6, 6.07) is 5.98. The Morgan fingerprint density at radius 2 is 1.76 bits per heavy atom. The molecule has 21 nitrogen and oxygen atoms in total. The van der Waals surface area contributed by atoms with Crippen LogP contribution < -0.4 is 15.4 Å². The number of aromatic hydroxyl groups is 1. The first-order chi connectivity index (χ1) is 41.4. The molecule has 0 aliphatic carbocycles. The van der Waals surface area contributed by atoms with Crippen molar-refractivity contribution in [1.29, 1.82) is 0 Å². The Labute approximate surface area is 504 Å². The zero-order chi connectivity index (χ0) is 62.6. The Hall–Kier alpha value is -8.32. The minimum atomic E-state index is -4.95. The third-order valence-corrected chi connectivity index (χ3v) is 17.5. The zero-order valence-corrected chi connectivity index (χ0v) is 50.1. The Balaban J connectivity index is 0.807. The van der Waals surface area contributed by atoms with Crippen molar-refractivity contribution < 1.29 is 65.6 Å². The molecule has 5 aliphatic heterocycles. The third-order valence-electron chi connectivity index (χ3n) is 17.2. The van der Waals surface area contributed by atoms with E-state index in [1.807, 2.05) is 25.9 Å². The number of esters is 1. The van der Waals surface area contributed by atoms with Crippen LogP contribution in [0.5, 0.6) is 11.8 Å². The van der Waals surface area contributed by atoms with Crippen LogP contribution in [0.1, 0.15) is 80.8 Å². The quantitative estimate of drug-likeness (QED) is 0.0328. The van der Waals surface area contributed by atoms with Crippen molar-refractivity contribution in [3.8, 4) is 23.0 Å². The molecule has 5 aromatic rings. The number of ether oxygens (including phenoxy) is 4. The number of phenols is 1. The van der Waals surface area contributed by atoms with E-state index in [4.69, 9.17) is 46.3 Å². The van der Waals surface area contributed by atoms with Gasteiger partial charge in [0.1, 0.15) is 49.0 Å². The molecule has 26 heteroatoms. The second-order valence-corrected chi connectivity index (χ2v) is 23.2. The molecular formula is C61H68ClF4N11O10. The van der Waals surface area contributed by atoms with E-state index >= 15 is 4.39 Å². The molecule has 2 aromatic carbocycles. The number of likely N-dealkylation sites (N-methyl/N-ethyl adjacent to an activating group) is 2. The van der Waals surface area contributed by atoms with Crippen molar-refractivity contribution in [1.82, 2.24) is 44.4 Å². The van der Waals surface area contributed by atoms with Gasteiger partial charge < -0.3 is 59.2 Å². The van der Waals surface area contributed by atoms with Crippen LogP contribution in [0.25, 0.3) is 38.8 Å². The van der Waals surface area contributed by atoms with E-state index in [2.05, 4.69) is 21.4 Å². The van der Waals surface area contributed by atoms with E-state index in [-0.39, 0.29) is 115 Å². The highest BCUT2D eigenvalue weighted by Crippen LogP contribution is 2.46. The molecule has 8 heterocycles. The number of pyridine rings is 2. The fraction of sp³-hybridized carbons (Fsp3) is 0.459. The summed E-state index contributed by atoms with van der Waals surface area (Å²) < 4.78 is 84.2. The number of cyclic esters (lactones) is 1. The van der Waals surface area contributed by atoms with E-state index in [1.54, 1.807) is 43.0 Å². The fourth-order valence-corrected chi connectivity index (χ4v) is 12.9. The van der Waals surface area contributed by atoms with Crippen LogP contribution in [0.15, 0.2) is 59.7 Å². The van der Waals surface area contributed by atoms with Crippen LogP contribution in [0.3, 0.4) is 0 Å². The number of piperazine rings is 1. The van der Waals surface area contributed by atoms with Crippen molar-refractivity contribution in [3.05, 3.63) is 98.5 Å². The molecule has 462 valence electrons. The lowest BCUT2D eigenvalue weighted by Crippen LogP contribution is -2.54. The lowest BCUT2D eigenvalue weighted by atomic mass is 9.84. The number of aldehydes is 1. The largest absolute Gasteiger partial charge is 0.508 e. The molecule has 3 saturated heterocycles. The normalized spacial score (nSPS) is 21.3. The van der Waals surface area contributed by atoms with Gasteiger partial charge in [-0.1, -0.05) is 32.0 Å². The summed E-state index contributed by atoms with van der Waals surface area (Å²) in [6.07, 6.45) is -1.07. The summed E-state index contributed by atoms with van der Waals surface area (Å²) in [5, 5.41) is 10.8. The number of alkyl halides is 3.